The quantitative estimate of drug-likeness (QED) is 0.617. The summed E-state index contributed by atoms with van der Waals surface area (Å²) < 4.78 is 10.4. The summed E-state index contributed by atoms with van der Waals surface area (Å²) >= 11 is 0. The fourth-order valence-corrected chi connectivity index (χ4v) is 2.73. The zero-order valence-corrected chi connectivity index (χ0v) is 15.9. The first-order chi connectivity index (χ1) is 13.6. The molecule has 0 radical (unpaired) electrons. The molecule has 4 N–H and O–H groups in total. The molecule has 3 aromatic rings. The molecule has 0 spiro atoms. The van der Waals surface area contributed by atoms with Crippen molar-refractivity contribution in [3.63, 3.8) is 0 Å². The third-order valence-electron chi connectivity index (χ3n) is 4.19. The highest BCUT2D eigenvalue weighted by molar-refractivity contribution is 5.74. The number of nitrogen functional groups attached to an aromatic ring is 2. The third-order valence-corrected chi connectivity index (χ3v) is 4.19. The minimum atomic E-state index is 0.605. The predicted octanol–water partition coefficient (Wildman–Crippen LogP) is 4.60. The van der Waals surface area contributed by atoms with E-state index in [9.17, 15) is 0 Å². The maximum Gasteiger partial charge on any atom is 0.141 e. The fourth-order valence-electron chi connectivity index (χ4n) is 2.73. The molecule has 3 rings (SSSR count). The Morgan fingerprint density at radius 3 is 1.54 bits per heavy atom. The molecule has 5 heteroatoms. The van der Waals surface area contributed by atoms with Gasteiger partial charge in [-0.2, -0.15) is 0 Å². The molecule has 0 amide bonds. The lowest BCUT2D eigenvalue weighted by Gasteiger charge is -2.05. The molecule has 142 valence electrons. The molecule has 0 aliphatic carbocycles. The van der Waals surface area contributed by atoms with Gasteiger partial charge in [-0.1, -0.05) is 30.4 Å². The highest BCUT2D eigenvalue weighted by Gasteiger charge is 2.00. The summed E-state index contributed by atoms with van der Waals surface area (Å²) in [6.07, 6.45) is 7.83. The number of hydrogen-bond acceptors (Lipinski definition) is 5. The summed E-state index contributed by atoms with van der Waals surface area (Å²) in [7, 11) is 3.20. The lowest BCUT2D eigenvalue weighted by Crippen LogP contribution is -1.92. The molecule has 0 aliphatic heterocycles. The van der Waals surface area contributed by atoms with Gasteiger partial charge >= 0.3 is 0 Å². The molecular formula is C23H23N3O2. The van der Waals surface area contributed by atoms with Crippen LogP contribution in [0, 0.1) is 0 Å². The fraction of sp³-hybridized carbons (Fsp3) is 0.0870. The van der Waals surface area contributed by atoms with Crippen LogP contribution in [0.3, 0.4) is 0 Å². The van der Waals surface area contributed by atoms with Gasteiger partial charge < -0.3 is 20.9 Å². The highest BCUT2D eigenvalue weighted by Crippen LogP contribution is 2.24. The van der Waals surface area contributed by atoms with Crippen molar-refractivity contribution in [3.8, 4) is 11.5 Å². The van der Waals surface area contributed by atoms with E-state index < -0.39 is 0 Å². The minimum Gasteiger partial charge on any atom is -0.495 e. The van der Waals surface area contributed by atoms with Gasteiger partial charge in [0.1, 0.15) is 11.5 Å². The molecule has 0 saturated carbocycles. The van der Waals surface area contributed by atoms with E-state index in [1.165, 1.54) is 0 Å². The van der Waals surface area contributed by atoms with E-state index in [4.69, 9.17) is 20.9 Å². The Kier molecular flexibility index (Phi) is 5.97. The number of hydrogen-bond donors (Lipinski definition) is 2. The highest BCUT2D eigenvalue weighted by atomic mass is 16.5. The molecule has 0 bridgehead atoms. The van der Waals surface area contributed by atoms with Crippen molar-refractivity contribution in [2.24, 2.45) is 0 Å². The first-order valence-corrected chi connectivity index (χ1v) is 8.79. The zero-order valence-electron chi connectivity index (χ0n) is 15.9. The van der Waals surface area contributed by atoms with Gasteiger partial charge in [-0.3, -0.25) is 0 Å². The van der Waals surface area contributed by atoms with Crippen LogP contribution < -0.4 is 20.9 Å². The van der Waals surface area contributed by atoms with E-state index in [0.717, 1.165) is 22.5 Å². The van der Waals surface area contributed by atoms with Gasteiger partial charge in [0.15, 0.2) is 0 Å². The number of benzene rings is 2. The molecule has 0 atom stereocenters. The Morgan fingerprint density at radius 2 is 1.14 bits per heavy atom. The average Bonchev–Trinajstić information content (AvgIpc) is 2.71. The van der Waals surface area contributed by atoms with Crippen molar-refractivity contribution in [1.82, 2.24) is 4.98 Å². The first kappa shape index (κ1) is 19.0. The maximum atomic E-state index is 5.95. The Labute approximate surface area is 164 Å². The molecule has 5 nitrogen and oxygen atoms in total. The number of nitrogens with two attached hydrogens (primary N) is 2. The van der Waals surface area contributed by atoms with E-state index in [-0.39, 0.29) is 0 Å². The average molecular weight is 373 g/mol. The van der Waals surface area contributed by atoms with Crippen LogP contribution in [0.1, 0.15) is 22.5 Å². The Bertz CT molecular complexity index is 947. The van der Waals surface area contributed by atoms with E-state index in [0.29, 0.717) is 22.9 Å². The van der Waals surface area contributed by atoms with Crippen LogP contribution in [0.2, 0.25) is 0 Å². The Hall–Kier alpha value is -3.73. The molecule has 0 saturated heterocycles. The number of rotatable bonds is 6. The molecule has 28 heavy (non-hydrogen) atoms. The van der Waals surface area contributed by atoms with Crippen molar-refractivity contribution in [1.29, 1.82) is 0 Å². The number of methoxy groups -OCH3 is 2. The van der Waals surface area contributed by atoms with E-state index in [1.807, 2.05) is 78.9 Å². The van der Waals surface area contributed by atoms with Crippen LogP contribution in [-0.2, 0) is 0 Å². The second kappa shape index (κ2) is 8.77. The van der Waals surface area contributed by atoms with Crippen LogP contribution in [0.5, 0.6) is 11.5 Å². The Balaban J connectivity index is 1.75. The topological polar surface area (TPSA) is 83.4 Å². The maximum absolute atomic E-state index is 5.95. The van der Waals surface area contributed by atoms with Gasteiger partial charge in [-0.25, -0.2) is 4.98 Å². The van der Waals surface area contributed by atoms with Crippen LogP contribution >= 0.6 is 0 Å². The largest absolute Gasteiger partial charge is 0.495 e. The number of aromatic nitrogens is 1. The van der Waals surface area contributed by atoms with Crippen LogP contribution in [0.15, 0.2) is 54.6 Å². The number of anilines is 2. The van der Waals surface area contributed by atoms with Gasteiger partial charge in [0.05, 0.1) is 37.0 Å². The van der Waals surface area contributed by atoms with E-state index >= 15 is 0 Å². The lowest BCUT2D eigenvalue weighted by molar-refractivity contribution is 0.417. The van der Waals surface area contributed by atoms with Crippen molar-refractivity contribution in [3.05, 3.63) is 77.1 Å². The van der Waals surface area contributed by atoms with Crippen molar-refractivity contribution in [2.75, 3.05) is 25.7 Å². The monoisotopic (exact) mass is 373 g/mol. The second-order valence-corrected chi connectivity index (χ2v) is 6.16. The van der Waals surface area contributed by atoms with Gasteiger partial charge in [0.25, 0.3) is 0 Å². The van der Waals surface area contributed by atoms with Gasteiger partial charge in [-0.15, -0.1) is 0 Å². The lowest BCUT2D eigenvalue weighted by atomic mass is 10.1. The minimum absolute atomic E-state index is 0.605. The molecule has 2 aromatic carbocycles. The van der Waals surface area contributed by atoms with Crippen molar-refractivity contribution < 1.29 is 9.47 Å². The zero-order chi connectivity index (χ0) is 19.9. The van der Waals surface area contributed by atoms with Crippen LogP contribution in [0.4, 0.5) is 11.4 Å². The summed E-state index contributed by atoms with van der Waals surface area (Å²) in [5, 5.41) is 0. The van der Waals surface area contributed by atoms with E-state index in [2.05, 4.69) is 4.98 Å². The standard InChI is InChI=1S/C23H23N3O2/c1-27-22-12-8-16(14-20(22)24)6-10-18-4-3-5-19(26-18)11-7-17-9-13-23(28-2)21(25)15-17/h3-15H,24-25H2,1-2H3/b10-6+,11-7+. The van der Waals surface area contributed by atoms with Crippen LogP contribution in [0.25, 0.3) is 24.3 Å². The normalized spacial score (nSPS) is 11.2. The van der Waals surface area contributed by atoms with Crippen LogP contribution in [-0.4, -0.2) is 19.2 Å². The Morgan fingerprint density at radius 1 is 0.679 bits per heavy atom. The third kappa shape index (κ3) is 4.71. The SMILES string of the molecule is COc1ccc(/C=C/c2cccc(/C=C/c3ccc(OC)c(N)c3)n2)cc1N. The number of ether oxygens (including phenoxy) is 2. The smallest absolute Gasteiger partial charge is 0.141 e. The van der Waals surface area contributed by atoms with Crippen molar-refractivity contribution >= 4 is 35.7 Å². The molecule has 1 aromatic heterocycles. The number of nitrogens with zero attached hydrogens (tertiary/aromatic N) is 1. The summed E-state index contributed by atoms with van der Waals surface area (Å²) in [5.74, 6) is 1.34. The summed E-state index contributed by atoms with van der Waals surface area (Å²) in [5.41, 5.74) is 16.8. The molecule has 0 aliphatic rings. The molecule has 0 fully saturated rings. The molecule has 1 heterocycles. The summed E-state index contributed by atoms with van der Waals surface area (Å²) in [4.78, 5) is 4.63. The number of pyridine rings is 1. The summed E-state index contributed by atoms with van der Waals surface area (Å²) in [6.45, 7) is 0. The summed E-state index contributed by atoms with van der Waals surface area (Å²) in [6, 6.07) is 17.2. The molecule has 0 unspecified atom stereocenters. The predicted molar refractivity (Wildman–Crippen MR) is 117 cm³/mol. The van der Waals surface area contributed by atoms with Crippen molar-refractivity contribution in [2.45, 2.75) is 0 Å². The van der Waals surface area contributed by atoms with Gasteiger partial charge in [-0.05, 0) is 59.7 Å². The molecular weight excluding hydrogens is 350 g/mol. The van der Waals surface area contributed by atoms with Gasteiger partial charge in [0, 0.05) is 0 Å². The van der Waals surface area contributed by atoms with E-state index in [1.54, 1.807) is 14.2 Å². The van der Waals surface area contributed by atoms with Gasteiger partial charge in [0.2, 0.25) is 0 Å². The second-order valence-electron chi connectivity index (χ2n) is 6.16. The first-order valence-electron chi connectivity index (χ1n) is 8.79.